The molecule has 1 aromatic heterocycles. The van der Waals surface area contributed by atoms with Crippen LogP contribution in [0.1, 0.15) is 33.6 Å². The van der Waals surface area contributed by atoms with E-state index in [0.717, 1.165) is 12.8 Å². The molecule has 0 spiro atoms. The van der Waals surface area contributed by atoms with E-state index in [9.17, 15) is 4.79 Å². The van der Waals surface area contributed by atoms with Crippen molar-refractivity contribution in [2.75, 3.05) is 0 Å². The highest BCUT2D eigenvalue weighted by Crippen LogP contribution is 2.22. The van der Waals surface area contributed by atoms with Gasteiger partial charge in [0.2, 0.25) is 0 Å². The molecule has 0 aromatic carbocycles. The lowest BCUT2D eigenvalue weighted by atomic mass is 9.95. The third-order valence-electron chi connectivity index (χ3n) is 2.95. The van der Waals surface area contributed by atoms with Gasteiger partial charge in [0.05, 0.1) is 0 Å². The molecule has 1 heterocycles. The number of pyridine rings is 1. The molecule has 0 aliphatic rings. The highest BCUT2D eigenvalue weighted by molar-refractivity contribution is 4.98. The Labute approximate surface area is 79.2 Å². The molecule has 2 heteroatoms. The lowest BCUT2D eigenvalue weighted by molar-refractivity contribution is 0.292. The Kier molecular flexibility index (Phi) is 2.91. The van der Waals surface area contributed by atoms with E-state index in [-0.39, 0.29) is 11.0 Å². The summed E-state index contributed by atoms with van der Waals surface area (Å²) in [6.45, 7) is 6.54. The maximum atomic E-state index is 10.9. The molecule has 0 fully saturated rings. The van der Waals surface area contributed by atoms with Crippen LogP contribution in [0.3, 0.4) is 0 Å². The molecule has 72 valence electrons. The van der Waals surface area contributed by atoms with Gasteiger partial charge in [0.15, 0.2) is 5.43 Å². The molecule has 0 radical (unpaired) electrons. The zero-order valence-corrected chi connectivity index (χ0v) is 8.58. The van der Waals surface area contributed by atoms with Crippen LogP contribution < -0.4 is 5.43 Å². The molecule has 1 rings (SSSR count). The molecule has 13 heavy (non-hydrogen) atoms. The van der Waals surface area contributed by atoms with E-state index in [2.05, 4.69) is 25.3 Å². The maximum absolute atomic E-state index is 10.9. The number of nitrogens with zero attached hydrogens (tertiary/aromatic N) is 1. The fourth-order valence-electron chi connectivity index (χ4n) is 1.39. The van der Waals surface area contributed by atoms with Crippen molar-refractivity contribution in [1.82, 2.24) is 4.57 Å². The van der Waals surface area contributed by atoms with Gasteiger partial charge >= 0.3 is 0 Å². The Balaban J connectivity index is 3.06. The maximum Gasteiger partial charge on any atom is 0.181 e. The zero-order chi connectivity index (χ0) is 9.90. The first kappa shape index (κ1) is 10.0. The second-order valence-electron chi connectivity index (χ2n) is 3.65. The van der Waals surface area contributed by atoms with Gasteiger partial charge in [-0.3, -0.25) is 4.79 Å². The van der Waals surface area contributed by atoms with Crippen LogP contribution in [0.15, 0.2) is 29.3 Å². The predicted molar refractivity (Wildman–Crippen MR) is 54.9 cm³/mol. The summed E-state index contributed by atoms with van der Waals surface area (Å²) in [7, 11) is 0. The molecule has 0 amide bonds. The van der Waals surface area contributed by atoms with Gasteiger partial charge in [0.1, 0.15) is 0 Å². The van der Waals surface area contributed by atoms with Crippen LogP contribution in [0.25, 0.3) is 0 Å². The average molecular weight is 179 g/mol. The predicted octanol–water partition coefficient (Wildman–Crippen LogP) is 2.38. The molecule has 1 aromatic rings. The summed E-state index contributed by atoms with van der Waals surface area (Å²) < 4.78 is 2.12. The highest BCUT2D eigenvalue weighted by Gasteiger charge is 2.19. The quantitative estimate of drug-likeness (QED) is 0.698. The van der Waals surface area contributed by atoms with Gasteiger partial charge in [0.25, 0.3) is 0 Å². The Morgan fingerprint density at radius 2 is 1.69 bits per heavy atom. The second-order valence-corrected chi connectivity index (χ2v) is 3.65. The van der Waals surface area contributed by atoms with Gasteiger partial charge in [0, 0.05) is 30.1 Å². The van der Waals surface area contributed by atoms with E-state index in [1.807, 2.05) is 12.4 Å². The minimum Gasteiger partial charge on any atom is -0.348 e. The summed E-state index contributed by atoms with van der Waals surface area (Å²) in [6, 6.07) is 3.23. The van der Waals surface area contributed by atoms with Crippen LogP contribution in [-0.2, 0) is 5.54 Å². The third kappa shape index (κ3) is 2.00. The average Bonchev–Trinajstić information content (AvgIpc) is 2.18. The van der Waals surface area contributed by atoms with Gasteiger partial charge in [-0.15, -0.1) is 0 Å². The van der Waals surface area contributed by atoms with Crippen molar-refractivity contribution in [2.24, 2.45) is 0 Å². The molecular weight excluding hydrogens is 162 g/mol. The summed E-state index contributed by atoms with van der Waals surface area (Å²) in [6.07, 6.45) is 5.89. The van der Waals surface area contributed by atoms with Gasteiger partial charge in [-0.2, -0.15) is 0 Å². The Morgan fingerprint density at radius 1 is 1.23 bits per heavy atom. The first-order valence-electron chi connectivity index (χ1n) is 4.81. The zero-order valence-electron chi connectivity index (χ0n) is 8.58. The fraction of sp³-hybridized carbons (Fsp3) is 0.545. The number of rotatable bonds is 3. The highest BCUT2D eigenvalue weighted by atomic mass is 16.1. The van der Waals surface area contributed by atoms with Crippen molar-refractivity contribution >= 4 is 0 Å². The van der Waals surface area contributed by atoms with Crippen molar-refractivity contribution in [1.29, 1.82) is 0 Å². The van der Waals surface area contributed by atoms with Gasteiger partial charge in [-0.25, -0.2) is 0 Å². The molecule has 0 aliphatic heterocycles. The standard InChI is InChI=1S/C11H17NO/c1-4-11(3,5-2)12-8-6-10(13)7-9-12/h6-9H,4-5H2,1-3H3. The minimum atomic E-state index is 0.0748. The SMILES string of the molecule is CCC(C)(CC)n1ccc(=O)cc1. The summed E-state index contributed by atoms with van der Waals surface area (Å²) >= 11 is 0. The molecule has 0 atom stereocenters. The monoisotopic (exact) mass is 179 g/mol. The van der Waals surface area contributed by atoms with Crippen LogP contribution in [0.2, 0.25) is 0 Å². The smallest absolute Gasteiger partial charge is 0.181 e. The summed E-state index contributed by atoms with van der Waals surface area (Å²) in [5, 5.41) is 0. The lowest BCUT2D eigenvalue weighted by Crippen LogP contribution is -2.28. The van der Waals surface area contributed by atoms with Crippen LogP contribution in [0.5, 0.6) is 0 Å². The molecule has 0 unspecified atom stereocenters. The molecule has 0 saturated heterocycles. The Hall–Kier alpha value is -1.05. The lowest BCUT2D eigenvalue weighted by Gasteiger charge is -2.30. The summed E-state index contributed by atoms with van der Waals surface area (Å²) in [5.74, 6) is 0. The van der Waals surface area contributed by atoms with Crippen LogP contribution in [0, 0.1) is 0 Å². The van der Waals surface area contributed by atoms with E-state index in [0.29, 0.717) is 0 Å². The summed E-state index contributed by atoms with van der Waals surface area (Å²) in [5.41, 5.74) is 0.221. The second kappa shape index (κ2) is 3.77. The van der Waals surface area contributed by atoms with Crippen molar-refractivity contribution in [3.8, 4) is 0 Å². The van der Waals surface area contributed by atoms with E-state index in [1.165, 1.54) is 0 Å². The number of hydrogen-bond donors (Lipinski definition) is 0. The minimum absolute atomic E-state index is 0.0748. The molecular formula is C11H17NO. The largest absolute Gasteiger partial charge is 0.348 e. The van der Waals surface area contributed by atoms with Crippen molar-refractivity contribution < 1.29 is 0 Å². The van der Waals surface area contributed by atoms with Crippen molar-refractivity contribution in [2.45, 2.75) is 39.2 Å². The summed E-state index contributed by atoms with van der Waals surface area (Å²) in [4.78, 5) is 10.9. The molecule has 0 aliphatic carbocycles. The van der Waals surface area contributed by atoms with Crippen LogP contribution in [-0.4, -0.2) is 4.57 Å². The van der Waals surface area contributed by atoms with E-state index in [4.69, 9.17) is 0 Å². The molecule has 0 saturated carbocycles. The van der Waals surface area contributed by atoms with Gasteiger partial charge in [-0.1, -0.05) is 13.8 Å². The van der Waals surface area contributed by atoms with Crippen molar-refractivity contribution in [3.63, 3.8) is 0 Å². The van der Waals surface area contributed by atoms with Crippen LogP contribution in [0.4, 0.5) is 0 Å². The fourth-order valence-corrected chi connectivity index (χ4v) is 1.39. The number of aromatic nitrogens is 1. The van der Waals surface area contributed by atoms with E-state index >= 15 is 0 Å². The van der Waals surface area contributed by atoms with Gasteiger partial charge in [-0.05, 0) is 19.8 Å². The normalized spacial score (nSPS) is 11.6. The van der Waals surface area contributed by atoms with Crippen molar-refractivity contribution in [3.05, 3.63) is 34.7 Å². The Bertz CT molecular complexity index is 303. The Morgan fingerprint density at radius 3 is 2.08 bits per heavy atom. The number of hydrogen-bond acceptors (Lipinski definition) is 1. The first-order chi connectivity index (χ1) is 6.12. The molecule has 0 bridgehead atoms. The third-order valence-corrected chi connectivity index (χ3v) is 2.95. The first-order valence-corrected chi connectivity index (χ1v) is 4.81. The van der Waals surface area contributed by atoms with E-state index < -0.39 is 0 Å². The molecule has 2 nitrogen and oxygen atoms in total. The molecule has 0 N–H and O–H groups in total. The van der Waals surface area contributed by atoms with Gasteiger partial charge < -0.3 is 4.57 Å². The topological polar surface area (TPSA) is 22.0 Å². The van der Waals surface area contributed by atoms with Crippen LogP contribution >= 0.6 is 0 Å². The van der Waals surface area contributed by atoms with E-state index in [1.54, 1.807) is 12.1 Å².